The third-order valence-electron chi connectivity index (χ3n) is 2.35. The quantitative estimate of drug-likeness (QED) is 0.642. The Hall–Kier alpha value is -1.59. The molecule has 0 saturated carbocycles. The predicted molar refractivity (Wildman–Crippen MR) is 69.8 cm³/mol. The molecule has 0 unspecified atom stereocenters. The minimum absolute atomic E-state index is 0.216. The molecule has 2 rings (SSSR count). The van der Waals surface area contributed by atoms with Gasteiger partial charge in [0.2, 0.25) is 5.78 Å². The number of halogens is 2. The maximum absolute atomic E-state index is 11.9. The number of aromatic nitrogens is 4. The van der Waals surface area contributed by atoms with E-state index in [0.29, 0.717) is 15.7 Å². The van der Waals surface area contributed by atoms with E-state index in [1.165, 1.54) is 17.0 Å². The Bertz CT molecular complexity index is 608. The molecule has 0 aliphatic heterocycles. The molecule has 0 saturated heterocycles. The summed E-state index contributed by atoms with van der Waals surface area (Å²) in [6.07, 6.45) is 6.04. The van der Waals surface area contributed by atoms with Gasteiger partial charge in [-0.15, -0.1) is 0 Å². The lowest BCUT2D eigenvalue weighted by Gasteiger charge is -1.95. The van der Waals surface area contributed by atoms with Gasteiger partial charge in [-0.2, -0.15) is 10.2 Å². The van der Waals surface area contributed by atoms with Crippen LogP contribution in [0.2, 0.25) is 10.0 Å². The number of hydrogen-bond acceptors (Lipinski definition) is 3. The van der Waals surface area contributed by atoms with Gasteiger partial charge in [0.05, 0.1) is 21.9 Å². The lowest BCUT2D eigenvalue weighted by molar-refractivity contribution is 0.104. The van der Waals surface area contributed by atoms with Gasteiger partial charge in [-0.3, -0.25) is 14.2 Å². The van der Waals surface area contributed by atoms with Gasteiger partial charge in [-0.25, -0.2) is 0 Å². The van der Waals surface area contributed by atoms with E-state index in [4.69, 9.17) is 23.2 Å². The highest BCUT2D eigenvalue weighted by molar-refractivity contribution is 6.34. The number of carbonyl (C=O) groups is 1. The molecule has 0 radical (unpaired) electrons. The fourth-order valence-electron chi connectivity index (χ4n) is 1.47. The number of aryl methyl sites for hydroxylation is 2. The Labute approximate surface area is 114 Å². The van der Waals surface area contributed by atoms with Crippen LogP contribution in [0, 0.1) is 0 Å². The maximum atomic E-state index is 11.9. The Kier molecular flexibility index (Phi) is 3.54. The molecular formula is C11H10Cl2N4O. The van der Waals surface area contributed by atoms with Crippen molar-refractivity contribution in [2.75, 3.05) is 0 Å². The van der Waals surface area contributed by atoms with Crippen LogP contribution in [0.1, 0.15) is 16.2 Å². The average Bonchev–Trinajstić information content (AvgIpc) is 2.80. The molecule has 0 spiro atoms. The molecule has 5 nitrogen and oxygen atoms in total. The van der Waals surface area contributed by atoms with Gasteiger partial charge in [0.25, 0.3) is 0 Å². The van der Waals surface area contributed by atoms with E-state index in [1.807, 2.05) is 0 Å². The zero-order chi connectivity index (χ0) is 13.3. The van der Waals surface area contributed by atoms with E-state index in [2.05, 4.69) is 10.2 Å². The summed E-state index contributed by atoms with van der Waals surface area (Å²) in [5.74, 6) is -0.280. The number of ketones is 1. The predicted octanol–water partition coefficient (Wildman–Crippen LogP) is 2.36. The number of rotatable bonds is 3. The van der Waals surface area contributed by atoms with Crippen molar-refractivity contribution >= 4 is 35.1 Å². The number of nitrogens with zero attached hydrogens (tertiary/aromatic N) is 4. The van der Waals surface area contributed by atoms with Crippen LogP contribution in [-0.2, 0) is 14.1 Å². The second-order valence-electron chi connectivity index (χ2n) is 3.70. The largest absolute Gasteiger partial charge is 0.287 e. The van der Waals surface area contributed by atoms with Crippen molar-refractivity contribution in [3.63, 3.8) is 0 Å². The maximum Gasteiger partial charge on any atom is 0.207 e. The molecule has 0 bridgehead atoms. The van der Waals surface area contributed by atoms with E-state index in [1.54, 1.807) is 31.1 Å². The van der Waals surface area contributed by atoms with Crippen LogP contribution in [0.5, 0.6) is 0 Å². The molecule has 0 amide bonds. The first kappa shape index (κ1) is 12.9. The van der Waals surface area contributed by atoms with Gasteiger partial charge in [0.1, 0.15) is 0 Å². The van der Waals surface area contributed by atoms with Crippen LogP contribution < -0.4 is 0 Å². The Balaban J connectivity index is 2.25. The van der Waals surface area contributed by atoms with Crippen LogP contribution in [0.4, 0.5) is 0 Å². The van der Waals surface area contributed by atoms with E-state index >= 15 is 0 Å². The lowest BCUT2D eigenvalue weighted by atomic mass is 10.2. The van der Waals surface area contributed by atoms with Crippen LogP contribution >= 0.6 is 23.2 Å². The van der Waals surface area contributed by atoms with Crippen LogP contribution in [-0.4, -0.2) is 25.3 Å². The van der Waals surface area contributed by atoms with Crippen molar-refractivity contribution in [3.8, 4) is 0 Å². The molecular weight excluding hydrogens is 275 g/mol. The summed E-state index contributed by atoms with van der Waals surface area (Å²) >= 11 is 11.8. The van der Waals surface area contributed by atoms with Crippen molar-refractivity contribution in [3.05, 3.63) is 39.9 Å². The third-order valence-corrected chi connectivity index (χ3v) is 2.92. The van der Waals surface area contributed by atoms with Gasteiger partial charge < -0.3 is 0 Å². The van der Waals surface area contributed by atoms with E-state index in [-0.39, 0.29) is 11.5 Å². The van der Waals surface area contributed by atoms with Gasteiger partial charge in [-0.05, 0) is 12.2 Å². The number of hydrogen-bond donors (Lipinski definition) is 0. The van der Waals surface area contributed by atoms with Crippen molar-refractivity contribution in [1.29, 1.82) is 0 Å². The second kappa shape index (κ2) is 4.96. The highest BCUT2D eigenvalue weighted by atomic mass is 35.5. The average molecular weight is 285 g/mol. The monoisotopic (exact) mass is 284 g/mol. The van der Waals surface area contributed by atoms with Gasteiger partial charge in [0, 0.05) is 20.3 Å². The second-order valence-corrected chi connectivity index (χ2v) is 4.51. The molecule has 0 N–H and O–H groups in total. The summed E-state index contributed by atoms with van der Waals surface area (Å²) in [4.78, 5) is 11.9. The number of allylic oxidation sites excluding steroid dienone is 1. The minimum Gasteiger partial charge on any atom is -0.287 e. The van der Waals surface area contributed by atoms with Crippen molar-refractivity contribution in [2.24, 2.45) is 14.1 Å². The lowest BCUT2D eigenvalue weighted by Crippen LogP contribution is -1.99. The number of carbonyl (C=O) groups excluding carboxylic acids is 1. The summed E-state index contributed by atoms with van der Waals surface area (Å²) in [7, 11) is 3.44. The van der Waals surface area contributed by atoms with E-state index in [9.17, 15) is 4.79 Å². The highest BCUT2D eigenvalue weighted by Gasteiger charge is 2.12. The molecule has 0 aromatic carbocycles. The van der Waals surface area contributed by atoms with Crippen molar-refractivity contribution < 1.29 is 4.79 Å². The van der Waals surface area contributed by atoms with Gasteiger partial charge in [-0.1, -0.05) is 23.2 Å². The molecule has 0 fully saturated rings. The molecule has 94 valence electrons. The topological polar surface area (TPSA) is 52.7 Å². The van der Waals surface area contributed by atoms with Crippen LogP contribution in [0.25, 0.3) is 6.08 Å². The van der Waals surface area contributed by atoms with E-state index in [0.717, 1.165) is 0 Å². The molecule has 0 aliphatic carbocycles. The Morgan fingerprint density at radius 3 is 2.56 bits per heavy atom. The normalized spacial score (nSPS) is 11.3. The first-order chi connectivity index (χ1) is 8.49. The van der Waals surface area contributed by atoms with Crippen molar-refractivity contribution in [1.82, 2.24) is 19.6 Å². The molecule has 2 aromatic heterocycles. The molecule has 18 heavy (non-hydrogen) atoms. The fraction of sp³-hybridized carbons (Fsp3) is 0.182. The SMILES string of the molecule is Cn1cc(Cl)c(C(=O)/C=C/c2c(Cl)cnn2C)n1. The fourth-order valence-corrected chi connectivity index (χ4v) is 1.97. The van der Waals surface area contributed by atoms with Crippen LogP contribution in [0.3, 0.4) is 0 Å². The molecule has 0 atom stereocenters. The molecule has 2 aromatic rings. The summed E-state index contributed by atoms with van der Waals surface area (Å²) in [6, 6.07) is 0. The Morgan fingerprint density at radius 2 is 2.06 bits per heavy atom. The van der Waals surface area contributed by atoms with Crippen molar-refractivity contribution in [2.45, 2.75) is 0 Å². The van der Waals surface area contributed by atoms with Gasteiger partial charge in [0.15, 0.2) is 5.69 Å². The summed E-state index contributed by atoms with van der Waals surface area (Å²) < 4.78 is 3.06. The summed E-state index contributed by atoms with van der Waals surface area (Å²) in [6.45, 7) is 0. The van der Waals surface area contributed by atoms with Crippen LogP contribution in [0.15, 0.2) is 18.5 Å². The Morgan fingerprint density at radius 1 is 1.33 bits per heavy atom. The molecule has 0 aliphatic rings. The minimum atomic E-state index is -0.280. The first-order valence-corrected chi connectivity index (χ1v) is 5.83. The zero-order valence-corrected chi connectivity index (χ0v) is 11.3. The summed E-state index contributed by atoms with van der Waals surface area (Å²) in [5.41, 5.74) is 0.866. The van der Waals surface area contributed by atoms with E-state index < -0.39 is 0 Å². The molecule has 2 heterocycles. The summed E-state index contributed by atoms with van der Waals surface area (Å²) in [5, 5.41) is 8.75. The zero-order valence-electron chi connectivity index (χ0n) is 9.76. The third kappa shape index (κ3) is 2.47. The standard InChI is InChI=1S/C11H10Cl2N4O/c1-16-6-8(13)11(15-16)10(18)4-3-9-7(12)5-14-17(9)2/h3-6H,1-2H3/b4-3+. The highest BCUT2D eigenvalue weighted by Crippen LogP contribution is 2.17. The first-order valence-electron chi connectivity index (χ1n) is 5.08. The molecule has 7 heteroatoms. The van der Waals surface area contributed by atoms with Gasteiger partial charge >= 0.3 is 0 Å². The smallest absolute Gasteiger partial charge is 0.207 e.